The Morgan fingerprint density at radius 2 is 1.97 bits per heavy atom. The van der Waals surface area contributed by atoms with Crippen molar-refractivity contribution in [1.29, 1.82) is 0 Å². The molecule has 31 heavy (non-hydrogen) atoms. The zero-order valence-electron chi connectivity index (χ0n) is 17.4. The summed E-state index contributed by atoms with van der Waals surface area (Å²) in [5.74, 6) is -0.342. The van der Waals surface area contributed by atoms with Gasteiger partial charge < -0.3 is 21.1 Å². The largest absolute Gasteiger partial charge is 0.507 e. The van der Waals surface area contributed by atoms with Crippen LogP contribution in [0, 0.1) is 6.92 Å². The van der Waals surface area contributed by atoms with Crippen LogP contribution < -0.4 is 16.0 Å². The molecule has 1 saturated heterocycles. The SMILES string of the molecule is Cc1c(O)c(-c2nc(C(N)=O)c3cc(N4CCNCC4)ccc3n2)cc2cn(C)nc12. The molecule has 9 heteroatoms. The lowest BCUT2D eigenvalue weighted by atomic mass is 10.0. The summed E-state index contributed by atoms with van der Waals surface area (Å²) in [4.78, 5) is 23.7. The number of rotatable bonds is 3. The van der Waals surface area contributed by atoms with E-state index in [4.69, 9.17) is 5.73 Å². The number of piperazine rings is 1. The molecule has 0 bridgehead atoms. The number of aromatic hydroxyl groups is 1. The van der Waals surface area contributed by atoms with Gasteiger partial charge in [0.1, 0.15) is 11.4 Å². The number of anilines is 1. The maximum Gasteiger partial charge on any atom is 0.268 e. The van der Waals surface area contributed by atoms with Crippen LogP contribution in [0.15, 0.2) is 30.5 Å². The summed E-state index contributed by atoms with van der Waals surface area (Å²) >= 11 is 0. The molecule has 0 radical (unpaired) electrons. The predicted molar refractivity (Wildman–Crippen MR) is 119 cm³/mol. The van der Waals surface area contributed by atoms with E-state index in [0.717, 1.165) is 37.3 Å². The maximum absolute atomic E-state index is 12.3. The molecule has 0 unspecified atom stereocenters. The lowest BCUT2D eigenvalue weighted by molar-refractivity contribution is 0.0997. The number of nitrogens with zero attached hydrogens (tertiary/aromatic N) is 5. The number of hydrogen-bond acceptors (Lipinski definition) is 7. The third kappa shape index (κ3) is 3.23. The van der Waals surface area contributed by atoms with E-state index in [1.165, 1.54) is 0 Å². The molecule has 158 valence electrons. The van der Waals surface area contributed by atoms with Crippen LogP contribution in [0.25, 0.3) is 33.2 Å². The number of phenols is 1. The van der Waals surface area contributed by atoms with Crippen LogP contribution in [0.3, 0.4) is 0 Å². The molecule has 4 aromatic rings. The van der Waals surface area contributed by atoms with E-state index < -0.39 is 5.91 Å². The van der Waals surface area contributed by atoms with Crippen LogP contribution in [0.5, 0.6) is 5.75 Å². The van der Waals surface area contributed by atoms with Crippen molar-refractivity contribution >= 4 is 33.4 Å². The van der Waals surface area contributed by atoms with E-state index >= 15 is 0 Å². The lowest BCUT2D eigenvalue weighted by Gasteiger charge is -2.29. The maximum atomic E-state index is 12.3. The first-order chi connectivity index (χ1) is 14.9. The van der Waals surface area contributed by atoms with E-state index in [9.17, 15) is 9.90 Å². The Morgan fingerprint density at radius 1 is 1.19 bits per heavy atom. The summed E-state index contributed by atoms with van der Waals surface area (Å²) in [6.45, 7) is 5.38. The van der Waals surface area contributed by atoms with Crippen LogP contribution in [0.4, 0.5) is 5.69 Å². The number of aromatic nitrogens is 4. The molecule has 0 spiro atoms. The van der Waals surface area contributed by atoms with Gasteiger partial charge in [-0.15, -0.1) is 0 Å². The van der Waals surface area contributed by atoms with Crippen LogP contribution in [0.2, 0.25) is 0 Å². The number of carbonyl (C=O) groups excluding carboxylic acids is 1. The van der Waals surface area contributed by atoms with Gasteiger partial charge in [-0.1, -0.05) is 0 Å². The van der Waals surface area contributed by atoms with E-state index in [-0.39, 0.29) is 17.3 Å². The van der Waals surface area contributed by atoms with Gasteiger partial charge >= 0.3 is 0 Å². The molecule has 2 aromatic carbocycles. The second-order valence-electron chi connectivity index (χ2n) is 7.84. The average Bonchev–Trinajstić information content (AvgIpc) is 3.16. The zero-order chi connectivity index (χ0) is 21.7. The fourth-order valence-corrected chi connectivity index (χ4v) is 4.16. The highest BCUT2D eigenvalue weighted by Gasteiger charge is 2.20. The van der Waals surface area contributed by atoms with Crippen molar-refractivity contribution in [3.05, 3.63) is 41.7 Å². The summed E-state index contributed by atoms with van der Waals surface area (Å²) in [6.07, 6.45) is 1.86. The number of phenolic OH excluding ortho intramolecular Hbond substituents is 1. The average molecular weight is 417 g/mol. The normalized spacial score (nSPS) is 14.5. The summed E-state index contributed by atoms with van der Waals surface area (Å²) in [7, 11) is 1.82. The van der Waals surface area contributed by atoms with Crippen LogP contribution >= 0.6 is 0 Å². The third-order valence-electron chi connectivity index (χ3n) is 5.76. The first kappa shape index (κ1) is 19.3. The van der Waals surface area contributed by atoms with Crippen LogP contribution in [0.1, 0.15) is 16.1 Å². The molecule has 9 nitrogen and oxygen atoms in total. The van der Waals surface area contributed by atoms with E-state index in [1.807, 2.05) is 31.4 Å². The third-order valence-corrected chi connectivity index (χ3v) is 5.76. The Bertz CT molecular complexity index is 1340. The summed E-state index contributed by atoms with van der Waals surface area (Å²) in [6, 6.07) is 7.56. The van der Waals surface area contributed by atoms with Gasteiger partial charge in [-0.25, -0.2) is 9.97 Å². The fraction of sp³-hybridized carbons (Fsp3) is 0.273. The molecule has 0 atom stereocenters. The summed E-state index contributed by atoms with van der Waals surface area (Å²) in [5, 5.41) is 20.0. The quantitative estimate of drug-likeness (QED) is 0.464. The molecule has 3 heterocycles. The van der Waals surface area contributed by atoms with Gasteiger partial charge in [0, 0.05) is 61.4 Å². The number of amides is 1. The Labute approximate surface area is 178 Å². The number of fused-ring (bicyclic) bond motifs is 2. The number of hydrogen-bond donors (Lipinski definition) is 3. The molecule has 0 aliphatic carbocycles. The van der Waals surface area contributed by atoms with Gasteiger partial charge in [-0.3, -0.25) is 9.48 Å². The predicted octanol–water partition coefficient (Wildman–Crippen LogP) is 1.71. The fourth-order valence-electron chi connectivity index (χ4n) is 4.16. The lowest BCUT2D eigenvalue weighted by Crippen LogP contribution is -2.43. The van der Waals surface area contributed by atoms with Gasteiger partial charge in [0.25, 0.3) is 5.91 Å². The molecule has 5 rings (SSSR count). The minimum absolute atomic E-state index is 0.0402. The Morgan fingerprint density at radius 3 is 2.71 bits per heavy atom. The first-order valence-electron chi connectivity index (χ1n) is 10.2. The highest BCUT2D eigenvalue weighted by atomic mass is 16.3. The second kappa shape index (κ2) is 7.21. The van der Waals surface area contributed by atoms with Crippen molar-refractivity contribution in [2.75, 3.05) is 31.1 Å². The number of carbonyl (C=O) groups is 1. The monoisotopic (exact) mass is 417 g/mol. The van der Waals surface area contributed by atoms with Gasteiger partial charge in [0.05, 0.1) is 16.6 Å². The van der Waals surface area contributed by atoms with Gasteiger partial charge in [0.2, 0.25) is 0 Å². The van der Waals surface area contributed by atoms with Crippen molar-refractivity contribution in [2.45, 2.75) is 6.92 Å². The number of nitrogens with one attached hydrogen (secondary N) is 1. The number of nitrogens with two attached hydrogens (primary N) is 1. The van der Waals surface area contributed by atoms with E-state index in [0.29, 0.717) is 27.5 Å². The Balaban J connectivity index is 1.69. The number of aryl methyl sites for hydroxylation is 2. The topological polar surface area (TPSA) is 122 Å². The molecule has 2 aromatic heterocycles. The Hall–Kier alpha value is -3.72. The molecule has 1 fully saturated rings. The van der Waals surface area contributed by atoms with Gasteiger partial charge in [-0.2, -0.15) is 5.10 Å². The number of primary amides is 1. The molecule has 1 amide bonds. The Kier molecular flexibility index (Phi) is 4.48. The zero-order valence-corrected chi connectivity index (χ0v) is 17.4. The number of benzene rings is 2. The highest BCUT2D eigenvalue weighted by molar-refractivity contribution is 6.05. The minimum atomic E-state index is -0.634. The van der Waals surface area contributed by atoms with Crippen molar-refractivity contribution in [2.24, 2.45) is 12.8 Å². The molecule has 1 aliphatic rings. The second-order valence-corrected chi connectivity index (χ2v) is 7.84. The standard InChI is InChI=1S/C22H23N7O2/c1-12-18-13(11-28(2)27-18)9-16(20(12)30)22-25-17-4-3-14(29-7-5-24-6-8-29)10-15(17)19(26-22)21(23)31/h3-4,9-11,24,30H,5-8H2,1-2H3,(H2,23,31). The van der Waals surface area contributed by atoms with Crippen molar-refractivity contribution in [1.82, 2.24) is 25.1 Å². The molecule has 4 N–H and O–H groups in total. The van der Waals surface area contributed by atoms with Crippen LogP contribution in [-0.4, -0.2) is 56.9 Å². The van der Waals surface area contributed by atoms with Crippen molar-refractivity contribution < 1.29 is 9.90 Å². The highest BCUT2D eigenvalue weighted by Crippen LogP contribution is 2.36. The first-order valence-corrected chi connectivity index (χ1v) is 10.2. The summed E-state index contributed by atoms with van der Waals surface area (Å²) < 4.78 is 1.69. The van der Waals surface area contributed by atoms with Crippen LogP contribution in [-0.2, 0) is 7.05 Å². The van der Waals surface area contributed by atoms with E-state index in [1.54, 1.807) is 17.7 Å². The summed E-state index contributed by atoms with van der Waals surface area (Å²) in [5.41, 5.74) is 9.21. The molecule has 0 saturated carbocycles. The minimum Gasteiger partial charge on any atom is -0.507 e. The van der Waals surface area contributed by atoms with Gasteiger partial charge in [0.15, 0.2) is 5.82 Å². The van der Waals surface area contributed by atoms with E-state index in [2.05, 4.69) is 25.3 Å². The molecular formula is C22H23N7O2. The van der Waals surface area contributed by atoms with Crippen molar-refractivity contribution in [3.8, 4) is 17.1 Å². The smallest absolute Gasteiger partial charge is 0.268 e. The molecular weight excluding hydrogens is 394 g/mol. The van der Waals surface area contributed by atoms with Gasteiger partial charge in [-0.05, 0) is 31.2 Å². The van der Waals surface area contributed by atoms with Crippen molar-refractivity contribution in [3.63, 3.8) is 0 Å². The molecule has 1 aliphatic heterocycles.